The summed E-state index contributed by atoms with van der Waals surface area (Å²) in [7, 11) is 1.67. The fourth-order valence-corrected chi connectivity index (χ4v) is 1.61. The molecule has 0 spiro atoms. The number of halogens is 1. The van der Waals surface area contributed by atoms with Crippen LogP contribution in [0.3, 0.4) is 0 Å². The number of benzene rings is 1. The Morgan fingerprint density at radius 1 is 1.33 bits per heavy atom. The topological polar surface area (TPSA) is 18.5 Å². The summed E-state index contributed by atoms with van der Waals surface area (Å²) in [6.45, 7) is 4.95. The largest absolute Gasteiger partial charge is 0.493 e. The highest BCUT2D eigenvalue weighted by molar-refractivity contribution is 9.09. The van der Waals surface area contributed by atoms with E-state index in [0.717, 1.165) is 16.8 Å². The standard InChI is InChI=1S/C12H17BrO2/c1-9(2)10-5-4-6-11(14-3)12(10)15-8-7-13/h4-6,9H,7-8H2,1-3H3. The summed E-state index contributed by atoms with van der Waals surface area (Å²) in [5, 5.41) is 0.822. The molecule has 0 N–H and O–H groups in total. The highest BCUT2D eigenvalue weighted by Gasteiger charge is 2.12. The van der Waals surface area contributed by atoms with Crippen LogP contribution in [0.25, 0.3) is 0 Å². The second kappa shape index (κ2) is 6.01. The second-order valence-corrected chi connectivity index (χ2v) is 4.36. The normalized spacial score (nSPS) is 10.5. The Morgan fingerprint density at radius 2 is 2.07 bits per heavy atom. The molecule has 0 fully saturated rings. The van der Waals surface area contributed by atoms with Crippen molar-refractivity contribution in [3.8, 4) is 11.5 Å². The summed E-state index contributed by atoms with van der Waals surface area (Å²) in [6, 6.07) is 6.00. The lowest BCUT2D eigenvalue weighted by atomic mass is 10.0. The van der Waals surface area contributed by atoms with E-state index in [2.05, 4.69) is 35.8 Å². The molecule has 1 aromatic carbocycles. The first kappa shape index (κ1) is 12.4. The van der Waals surface area contributed by atoms with Crippen LogP contribution < -0.4 is 9.47 Å². The number of rotatable bonds is 5. The van der Waals surface area contributed by atoms with Crippen LogP contribution in [0, 0.1) is 0 Å². The highest BCUT2D eigenvalue weighted by atomic mass is 79.9. The number of ether oxygens (including phenoxy) is 2. The van der Waals surface area contributed by atoms with Crippen molar-refractivity contribution in [2.75, 3.05) is 19.0 Å². The van der Waals surface area contributed by atoms with Crippen LogP contribution in [-0.4, -0.2) is 19.0 Å². The van der Waals surface area contributed by atoms with Crippen LogP contribution in [0.1, 0.15) is 25.3 Å². The van der Waals surface area contributed by atoms with E-state index in [1.165, 1.54) is 5.56 Å². The van der Waals surface area contributed by atoms with Gasteiger partial charge in [0, 0.05) is 10.9 Å². The van der Waals surface area contributed by atoms with E-state index in [0.29, 0.717) is 12.5 Å². The lowest BCUT2D eigenvalue weighted by Crippen LogP contribution is -2.03. The maximum atomic E-state index is 5.70. The molecule has 0 heterocycles. The van der Waals surface area contributed by atoms with E-state index in [4.69, 9.17) is 9.47 Å². The number of methoxy groups -OCH3 is 1. The number of hydrogen-bond donors (Lipinski definition) is 0. The summed E-state index contributed by atoms with van der Waals surface area (Å²) in [6.07, 6.45) is 0. The highest BCUT2D eigenvalue weighted by Crippen LogP contribution is 2.35. The summed E-state index contributed by atoms with van der Waals surface area (Å²) >= 11 is 3.35. The first-order valence-electron chi connectivity index (χ1n) is 5.06. The average molecular weight is 273 g/mol. The molecule has 84 valence electrons. The van der Waals surface area contributed by atoms with Gasteiger partial charge < -0.3 is 9.47 Å². The van der Waals surface area contributed by atoms with Gasteiger partial charge in [-0.3, -0.25) is 0 Å². The number of alkyl halides is 1. The number of hydrogen-bond acceptors (Lipinski definition) is 2. The summed E-state index contributed by atoms with van der Waals surface area (Å²) in [5.41, 5.74) is 1.19. The molecule has 0 saturated carbocycles. The van der Waals surface area contributed by atoms with Gasteiger partial charge in [-0.2, -0.15) is 0 Å². The predicted octanol–water partition coefficient (Wildman–Crippen LogP) is 3.59. The van der Waals surface area contributed by atoms with Gasteiger partial charge in [0.2, 0.25) is 0 Å². The van der Waals surface area contributed by atoms with Gasteiger partial charge in [0.25, 0.3) is 0 Å². The zero-order valence-electron chi connectivity index (χ0n) is 9.42. The SMILES string of the molecule is COc1cccc(C(C)C)c1OCCBr. The quantitative estimate of drug-likeness (QED) is 0.763. The van der Waals surface area contributed by atoms with Crippen molar-refractivity contribution in [3.63, 3.8) is 0 Å². The van der Waals surface area contributed by atoms with Crippen LogP contribution in [0.15, 0.2) is 18.2 Å². The Bertz CT molecular complexity index is 310. The molecule has 3 heteroatoms. The van der Waals surface area contributed by atoms with Gasteiger partial charge in [-0.25, -0.2) is 0 Å². The van der Waals surface area contributed by atoms with Crippen LogP contribution in [0.4, 0.5) is 0 Å². The van der Waals surface area contributed by atoms with Crippen molar-refractivity contribution >= 4 is 15.9 Å². The maximum Gasteiger partial charge on any atom is 0.164 e. The second-order valence-electron chi connectivity index (χ2n) is 3.57. The molecule has 0 saturated heterocycles. The van der Waals surface area contributed by atoms with Crippen LogP contribution in [0.2, 0.25) is 0 Å². The molecule has 1 aromatic rings. The summed E-state index contributed by atoms with van der Waals surface area (Å²) in [5.74, 6) is 2.11. The van der Waals surface area contributed by atoms with E-state index in [1.54, 1.807) is 7.11 Å². The number of para-hydroxylation sites is 1. The molecule has 1 rings (SSSR count). The van der Waals surface area contributed by atoms with Crippen molar-refractivity contribution < 1.29 is 9.47 Å². The monoisotopic (exact) mass is 272 g/mol. The maximum absolute atomic E-state index is 5.70. The van der Waals surface area contributed by atoms with Crippen LogP contribution in [-0.2, 0) is 0 Å². The Morgan fingerprint density at radius 3 is 2.60 bits per heavy atom. The summed E-state index contributed by atoms with van der Waals surface area (Å²) < 4.78 is 11.0. The van der Waals surface area contributed by atoms with E-state index in [1.807, 2.05) is 12.1 Å². The molecular weight excluding hydrogens is 256 g/mol. The molecule has 0 bridgehead atoms. The average Bonchev–Trinajstić information content (AvgIpc) is 2.25. The molecule has 0 radical (unpaired) electrons. The van der Waals surface area contributed by atoms with Gasteiger partial charge in [-0.15, -0.1) is 0 Å². The fourth-order valence-electron chi connectivity index (χ4n) is 1.44. The van der Waals surface area contributed by atoms with Crippen LogP contribution in [0.5, 0.6) is 11.5 Å². The zero-order valence-corrected chi connectivity index (χ0v) is 11.0. The van der Waals surface area contributed by atoms with Gasteiger partial charge in [-0.05, 0) is 12.0 Å². The van der Waals surface area contributed by atoms with Crippen molar-refractivity contribution in [2.45, 2.75) is 19.8 Å². The Labute approximate surface area is 99.7 Å². The lowest BCUT2D eigenvalue weighted by Gasteiger charge is -2.16. The molecule has 0 atom stereocenters. The minimum Gasteiger partial charge on any atom is -0.493 e. The Balaban J connectivity index is 3.03. The van der Waals surface area contributed by atoms with Crippen molar-refractivity contribution in [1.29, 1.82) is 0 Å². The predicted molar refractivity (Wildman–Crippen MR) is 66.4 cm³/mol. The lowest BCUT2D eigenvalue weighted by molar-refractivity contribution is 0.310. The van der Waals surface area contributed by atoms with Gasteiger partial charge in [0.1, 0.15) is 0 Å². The van der Waals surface area contributed by atoms with E-state index >= 15 is 0 Å². The zero-order chi connectivity index (χ0) is 11.3. The van der Waals surface area contributed by atoms with E-state index in [9.17, 15) is 0 Å². The van der Waals surface area contributed by atoms with E-state index < -0.39 is 0 Å². The van der Waals surface area contributed by atoms with Crippen molar-refractivity contribution in [1.82, 2.24) is 0 Å². The fraction of sp³-hybridized carbons (Fsp3) is 0.500. The van der Waals surface area contributed by atoms with Crippen molar-refractivity contribution in [2.24, 2.45) is 0 Å². The third kappa shape index (κ3) is 3.13. The molecule has 0 aliphatic rings. The van der Waals surface area contributed by atoms with Gasteiger partial charge >= 0.3 is 0 Å². The van der Waals surface area contributed by atoms with Gasteiger partial charge in [0.05, 0.1) is 13.7 Å². The van der Waals surface area contributed by atoms with E-state index in [-0.39, 0.29) is 0 Å². The minimum atomic E-state index is 0.436. The molecule has 2 nitrogen and oxygen atoms in total. The molecular formula is C12H17BrO2. The Hall–Kier alpha value is -0.700. The molecule has 0 aromatic heterocycles. The first-order chi connectivity index (χ1) is 7.20. The van der Waals surface area contributed by atoms with Crippen molar-refractivity contribution in [3.05, 3.63) is 23.8 Å². The summed E-state index contributed by atoms with van der Waals surface area (Å²) in [4.78, 5) is 0. The minimum absolute atomic E-state index is 0.436. The van der Waals surface area contributed by atoms with Gasteiger partial charge in [0.15, 0.2) is 11.5 Å². The molecule has 15 heavy (non-hydrogen) atoms. The third-order valence-electron chi connectivity index (χ3n) is 2.17. The smallest absolute Gasteiger partial charge is 0.164 e. The van der Waals surface area contributed by atoms with Crippen LogP contribution >= 0.6 is 15.9 Å². The molecule has 0 unspecified atom stereocenters. The van der Waals surface area contributed by atoms with Gasteiger partial charge in [-0.1, -0.05) is 41.9 Å². The Kier molecular flexibility index (Phi) is 4.95. The molecule has 0 aliphatic heterocycles. The molecule has 0 amide bonds. The first-order valence-corrected chi connectivity index (χ1v) is 6.18. The molecule has 0 aliphatic carbocycles. The third-order valence-corrected chi connectivity index (χ3v) is 2.50.